The van der Waals surface area contributed by atoms with Crippen molar-refractivity contribution in [2.75, 3.05) is 7.11 Å². The van der Waals surface area contributed by atoms with E-state index < -0.39 is 23.7 Å². The van der Waals surface area contributed by atoms with Crippen molar-refractivity contribution in [3.8, 4) is 0 Å². The molecule has 0 saturated heterocycles. The average Bonchev–Trinajstić information content (AvgIpc) is 2.85. The summed E-state index contributed by atoms with van der Waals surface area (Å²) in [6.07, 6.45) is 7.56. The molecule has 214 valence electrons. The van der Waals surface area contributed by atoms with E-state index in [0.717, 1.165) is 30.6 Å². The molecule has 38 heavy (non-hydrogen) atoms. The van der Waals surface area contributed by atoms with Crippen LogP contribution in [0.4, 0.5) is 17.6 Å². The van der Waals surface area contributed by atoms with E-state index in [1.54, 1.807) is 19.9 Å². The summed E-state index contributed by atoms with van der Waals surface area (Å²) in [6, 6.07) is 0. The Balaban J connectivity index is -0.000000725. The highest BCUT2D eigenvalue weighted by atomic mass is 19.1. The second-order valence-corrected chi connectivity index (χ2v) is 9.11. The van der Waals surface area contributed by atoms with Gasteiger partial charge in [0.15, 0.2) is 5.83 Å². The van der Waals surface area contributed by atoms with E-state index in [4.69, 9.17) is 0 Å². The molecule has 0 aromatic heterocycles. The zero-order valence-corrected chi connectivity index (χ0v) is 24.5. The van der Waals surface area contributed by atoms with Crippen molar-refractivity contribution in [1.29, 1.82) is 0 Å². The molecule has 0 rings (SSSR count). The fraction of sp³-hybridized carbons (Fsp3) is 0.394. The van der Waals surface area contributed by atoms with Crippen molar-refractivity contribution in [2.24, 2.45) is 11.8 Å². The second kappa shape index (κ2) is 22.0. The zero-order valence-electron chi connectivity index (χ0n) is 24.5. The van der Waals surface area contributed by atoms with E-state index in [1.165, 1.54) is 20.0 Å². The van der Waals surface area contributed by atoms with Crippen LogP contribution >= 0.6 is 0 Å². The first kappa shape index (κ1) is 39.4. The standard InChI is InChI=1S/C20H21F3O.C10H21F.C3H6/c1-12(2)9-18(21)15(5)13(3)10-19(22)16(6)14(4)11-20(23)17(7)24-8;1-5-8(2)6-7-9(3)10(4)11;1-3-2/h9-11H,1,3-7H2,2,8H3;8-10H,5-7H2,1-4H3;3H,1H2,2H3/b18-9+,19-10+,20-11+;;. The summed E-state index contributed by atoms with van der Waals surface area (Å²) in [7, 11) is 1.25. The summed E-state index contributed by atoms with van der Waals surface area (Å²) in [5.74, 6) is -1.56. The first-order valence-corrected chi connectivity index (χ1v) is 12.5. The molecule has 0 bridgehead atoms. The predicted octanol–water partition coefficient (Wildman–Crippen LogP) is 11.5. The smallest absolute Gasteiger partial charge is 0.165 e. The first-order valence-electron chi connectivity index (χ1n) is 12.5. The van der Waals surface area contributed by atoms with E-state index in [0.29, 0.717) is 5.57 Å². The highest BCUT2D eigenvalue weighted by Gasteiger charge is 2.12. The Bertz CT molecular complexity index is 929. The second-order valence-electron chi connectivity index (χ2n) is 9.11. The lowest BCUT2D eigenvalue weighted by Gasteiger charge is -2.14. The molecule has 0 heterocycles. The lowest BCUT2D eigenvalue weighted by molar-refractivity contribution is 0.240. The van der Waals surface area contributed by atoms with Crippen LogP contribution in [0.3, 0.4) is 0 Å². The maximum absolute atomic E-state index is 14.2. The summed E-state index contributed by atoms with van der Waals surface area (Å²) >= 11 is 0. The molecule has 0 spiro atoms. The molecule has 0 radical (unpaired) electrons. The minimum atomic E-state index is -0.846. The number of alkyl halides is 1. The number of methoxy groups -OCH3 is 1. The van der Waals surface area contributed by atoms with Crippen LogP contribution in [-0.2, 0) is 4.74 Å². The summed E-state index contributed by atoms with van der Waals surface area (Å²) in [4.78, 5) is 0. The molecule has 0 aromatic carbocycles. The van der Waals surface area contributed by atoms with E-state index in [2.05, 4.69) is 64.6 Å². The molecule has 0 saturated carbocycles. The fourth-order valence-electron chi connectivity index (χ4n) is 2.34. The molecule has 0 aliphatic carbocycles. The van der Waals surface area contributed by atoms with Gasteiger partial charge in [0.1, 0.15) is 17.4 Å². The maximum Gasteiger partial charge on any atom is 0.165 e. The van der Waals surface area contributed by atoms with Crippen LogP contribution < -0.4 is 0 Å². The van der Waals surface area contributed by atoms with Crippen molar-refractivity contribution >= 4 is 0 Å². The van der Waals surface area contributed by atoms with Gasteiger partial charge in [-0.3, -0.25) is 0 Å². The number of halogens is 4. The van der Waals surface area contributed by atoms with E-state index in [1.807, 2.05) is 13.8 Å². The van der Waals surface area contributed by atoms with Crippen LogP contribution in [0.25, 0.3) is 0 Å². The molecule has 0 aliphatic rings. The van der Waals surface area contributed by atoms with Gasteiger partial charge in [0.2, 0.25) is 0 Å². The van der Waals surface area contributed by atoms with Gasteiger partial charge in [0, 0.05) is 11.1 Å². The van der Waals surface area contributed by atoms with Gasteiger partial charge in [-0.15, -0.1) is 6.58 Å². The van der Waals surface area contributed by atoms with Gasteiger partial charge < -0.3 is 4.74 Å². The van der Waals surface area contributed by atoms with Crippen molar-refractivity contribution in [3.05, 3.63) is 121 Å². The molecule has 3 atom stereocenters. The molecule has 1 nitrogen and oxygen atoms in total. The Kier molecular flexibility index (Phi) is 22.8. The topological polar surface area (TPSA) is 9.23 Å². The normalized spacial score (nSPS) is 13.8. The molecule has 5 heteroatoms. The Morgan fingerprint density at radius 1 is 0.789 bits per heavy atom. The summed E-state index contributed by atoms with van der Waals surface area (Å²) in [5, 5.41) is 0. The Morgan fingerprint density at radius 3 is 1.53 bits per heavy atom. The van der Waals surface area contributed by atoms with E-state index >= 15 is 0 Å². The third-order valence-corrected chi connectivity index (χ3v) is 5.44. The van der Waals surface area contributed by atoms with Crippen LogP contribution in [0.1, 0.15) is 60.8 Å². The highest BCUT2D eigenvalue weighted by molar-refractivity contribution is 5.54. The fourth-order valence-corrected chi connectivity index (χ4v) is 2.34. The minimum Gasteiger partial charge on any atom is -0.494 e. The van der Waals surface area contributed by atoms with E-state index in [9.17, 15) is 17.6 Å². The SMILES string of the molecule is C=C(C)/C=C(/F)C(=C)C(=C)/C=C(/F)C(=C)C(=C)/C=C(/F)C(=C)OC.C=CC.CCC(C)CCC(C)C(C)F. The van der Waals surface area contributed by atoms with Gasteiger partial charge in [-0.1, -0.05) is 84.7 Å². The monoisotopic (exact) mass is 536 g/mol. The third kappa shape index (κ3) is 19.1. The Morgan fingerprint density at radius 2 is 1.18 bits per heavy atom. The van der Waals surface area contributed by atoms with Crippen LogP contribution in [0.2, 0.25) is 0 Å². The number of ether oxygens (including phenoxy) is 1. The third-order valence-electron chi connectivity index (χ3n) is 5.44. The van der Waals surface area contributed by atoms with Crippen LogP contribution in [0, 0.1) is 11.8 Å². The Hall–Kier alpha value is -3.08. The lowest BCUT2D eigenvalue weighted by Crippen LogP contribution is -2.09. The number of hydrogen-bond acceptors (Lipinski definition) is 1. The number of allylic oxidation sites excluding steroid dienone is 12. The molecular weight excluding hydrogens is 488 g/mol. The summed E-state index contributed by atoms with van der Waals surface area (Å²) in [5.41, 5.74) is 0.161. The molecule has 0 amide bonds. The van der Waals surface area contributed by atoms with Crippen LogP contribution in [0.5, 0.6) is 0 Å². The van der Waals surface area contributed by atoms with Crippen molar-refractivity contribution in [2.45, 2.75) is 67.0 Å². The van der Waals surface area contributed by atoms with Crippen LogP contribution in [-0.4, -0.2) is 13.3 Å². The van der Waals surface area contributed by atoms with Gasteiger partial charge in [-0.25, -0.2) is 17.6 Å². The first-order chi connectivity index (χ1) is 17.5. The molecule has 3 unspecified atom stereocenters. The van der Waals surface area contributed by atoms with Gasteiger partial charge in [-0.05, 0) is 68.4 Å². The minimum absolute atomic E-state index is 0.00204. The van der Waals surface area contributed by atoms with Gasteiger partial charge in [0.05, 0.1) is 13.3 Å². The summed E-state index contributed by atoms with van der Waals surface area (Å²) < 4.78 is 58.8. The average molecular weight is 537 g/mol. The zero-order chi connectivity index (χ0) is 30.6. The Labute approximate surface area is 229 Å². The van der Waals surface area contributed by atoms with Crippen molar-refractivity contribution < 1.29 is 22.3 Å². The number of rotatable bonds is 14. The predicted molar refractivity (Wildman–Crippen MR) is 159 cm³/mol. The van der Waals surface area contributed by atoms with Gasteiger partial charge in [-0.2, -0.15) is 0 Å². The largest absolute Gasteiger partial charge is 0.494 e. The van der Waals surface area contributed by atoms with Crippen molar-refractivity contribution in [3.63, 3.8) is 0 Å². The number of hydrogen-bond donors (Lipinski definition) is 0. The molecule has 0 aromatic rings. The molecule has 0 N–H and O–H groups in total. The van der Waals surface area contributed by atoms with Crippen molar-refractivity contribution in [1.82, 2.24) is 0 Å². The molecular formula is C33H48F4O. The van der Waals surface area contributed by atoms with E-state index in [-0.39, 0.29) is 34.0 Å². The van der Waals surface area contributed by atoms with Gasteiger partial charge >= 0.3 is 0 Å². The summed E-state index contributed by atoms with van der Waals surface area (Å²) in [6.45, 7) is 35.8. The highest BCUT2D eigenvalue weighted by Crippen LogP contribution is 2.26. The molecule has 0 fully saturated rings. The molecule has 0 aliphatic heterocycles. The lowest BCUT2D eigenvalue weighted by atomic mass is 9.94. The quantitative estimate of drug-likeness (QED) is 0.0928. The van der Waals surface area contributed by atoms with Gasteiger partial charge in [0.25, 0.3) is 0 Å². The maximum atomic E-state index is 14.2. The van der Waals surface area contributed by atoms with Crippen LogP contribution in [0.15, 0.2) is 121 Å².